The molecule has 1 saturated heterocycles. The van der Waals surface area contributed by atoms with Crippen LogP contribution in [0.3, 0.4) is 0 Å². The molecule has 0 N–H and O–H groups in total. The first-order valence-corrected chi connectivity index (χ1v) is 9.81. The summed E-state index contributed by atoms with van der Waals surface area (Å²) < 4.78 is 6.53. The maximum absolute atomic E-state index is 12.5. The van der Waals surface area contributed by atoms with Crippen molar-refractivity contribution in [2.45, 2.75) is 12.1 Å². The number of carbonyl (C=O) groups excluding carboxylic acids is 2. The normalized spacial score (nSPS) is 14.3. The number of thioether (sulfide) groups is 1. The van der Waals surface area contributed by atoms with Crippen molar-refractivity contribution in [1.29, 1.82) is 0 Å². The molecule has 27 heavy (non-hydrogen) atoms. The molecule has 1 fully saturated rings. The fourth-order valence-corrected chi connectivity index (χ4v) is 3.59. The highest BCUT2D eigenvalue weighted by molar-refractivity contribution is 7.99. The number of rotatable bonds is 5. The number of tetrazole rings is 1. The lowest BCUT2D eigenvalue weighted by molar-refractivity contribution is -0.129. The van der Waals surface area contributed by atoms with Crippen LogP contribution < -0.4 is 0 Å². The SMILES string of the molecule is CCOC(=O)N1CCN(C(=O)CSc2nnnn2-c2cccc(Cl)c2)CC1. The number of halogens is 1. The molecule has 11 heteroatoms. The summed E-state index contributed by atoms with van der Waals surface area (Å²) in [6.45, 7) is 4.02. The van der Waals surface area contributed by atoms with E-state index in [0.717, 1.165) is 5.69 Å². The summed E-state index contributed by atoms with van der Waals surface area (Å²) in [4.78, 5) is 27.5. The van der Waals surface area contributed by atoms with Gasteiger partial charge in [-0.25, -0.2) is 4.79 Å². The minimum atomic E-state index is -0.334. The molecule has 0 bridgehead atoms. The fraction of sp³-hybridized carbons (Fsp3) is 0.438. The summed E-state index contributed by atoms with van der Waals surface area (Å²) in [5, 5.41) is 12.7. The predicted octanol–water partition coefficient (Wildman–Crippen LogP) is 1.71. The molecule has 144 valence electrons. The molecule has 1 aliphatic rings. The van der Waals surface area contributed by atoms with Crippen molar-refractivity contribution in [3.63, 3.8) is 0 Å². The number of hydrogen-bond donors (Lipinski definition) is 0. The van der Waals surface area contributed by atoms with Gasteiger partial charge in [-0.2, -0.15) is 4.68 Å². The van der Waals surface area contributed by atoms with Crippen molar-refractivity contribution in [1.82, 2.24) is 30.0 Å². The van der Waals surface area contributed by atoms with Crippen LogP contribution in [-0.4, -0.2) is 80.5 Å². The number of ether oxygens (including phenoxy) is 1. The van der Waals surface area contributed by atoms with Gasteiger partial charge in [0, 0.05) is 31.2 Å². The van der Waals surface area contributed by atoms with Gasteiger partial charge in [0.25, 0.3) is 0 Å². The third-order valence-electron chi connectivity index (χ3n) is 3.98. The number of hydrogen-bond acceptors (Lipinski definition) is 7. The van der Waals surface area contributed by atoms with E-state index >= 15 is 0 Å². The Morgan fingerprint density at radius 2 is 1.96 bits per heavy atom. The van der Waals surface area contributed by atoms with E-state index in [4.69, 9.17) is 16.3 Å². The second-order valence-electron chi connectivity index (χ2n) is 5.71. The smallest absolute Gasteiger partial charge is 0.409 e. The number of benzene rings is 1. The van der Waals surface area contributed by atoms with E-state index in [2.05, 4.69) is 15.5 Å². The van der Waals surface area contributed by atoms with Gasteiger partial charge in [0.1, 0.15) is 0 Å². The van der Waals surface area contributed by atoms with Gasteiger partial charge in [0.2, 0.25) is 11.1 Å². The third kappa shape index (κ3) is 4.89. The molecule has 2 aromatic rings. The highest BCUT2D eigenvalue weighted by Gasteiger charge is 2.25. The van der Waals surface area contributed by atoms with Crippen LogP contribution >= 0.6 is 23.4 Å². The lowest BCUT2D eigenvalue weighted by atomic mass is 10.3. The maximum atomic E-state index is 12.5. The average molecular weight is 411 g/mol. The van der Waals surface area contributed by atoms with Crippen molar-refractivity contribution in [2.24, 2.45) is 0 Å². The van der Waals surface area contributed by atoms with Gasteiger partial charge in [-0.1, -0.05) is 29.4 Å². The number of aromatic nitrogens is 4. The summed E-state index contributed by atoms with van der Waals surface area (Å²) in [6, 6.07) is 7.16. The van der Waals surface area contributed by atoms with Crippen LogP contribution in [0.1, 0.15) is 6.92 Å². The number of nitrogens with zero attached hydrogens (tertiary/aromatic N) is 6. The van der Waals surface area contributed by atoms with Crippen molar-refractivity contribution >= 4 is 35.4 Å². The Balaban J connectivity index is 1.54. The van der Waals surface area contributed by atoms with Gasteiger partial charge in [0.05, 0.1) is 18.0 Å². The quantitative estimate of drug-likeness (QED) is 0.692. The second-order valence-corrected chi connectivity index (χ2v) is 7.09. The molecule has 9 nitrogen and oxygen atoms in total. The summed E-state index contributed by atoms with van der Waals surface area (Å²) in [5.41, 5.74) is 0.727. The first kappa shape index (κ1) is 19.4. The Morgan fingerprint density at radius 3 is 2.67 bits per heavy atom. The van der Waals surface area contributed by atoms with Crippen LogP contribution in [0.4, 0.5) is 4.79 Å². The molecule has 0 spiro atoms. The van der Waals surface area contributed by atoms with E-state index in [9.17, 15) is 9.59 Å². The zero-order valence-electron chi connectivity index (χ0n) is 14.7. The highest BCUT2D eigenvalue weighted by Crippen LogP contribution is 2.21. The molecule has 0 saturated carbocycles. The maximum Gasteiger partial charge on any atom is 0.409 e. The highest BCUT2D eigenvalue weighted by atomic mass is 35.5. The van der Waals surface area contributed by atoms with Gasteiger partial charge in [-0.15, -0.1) is 5.10 Å². The summed E-state index contributed by atoms with van der Waals surface area (Å²) in [5.74, 6) is 0.185. The molecule has 0 unspecified atom stereocenters. The molecule has 1 aromatic heterocycles. The Hall–Kier alpha value is -2.33. The van der Waals surface area contributed by atoms with E-state index in [1.807, 2.05) is 12.1 Å². The van der Waals surface area contributed by atoms with Gasteiger partial charge < -0.3 is 14.5 Å². The van der Waals surface area contributed by atoms with E-state index < -0.39 is 0 Å². The van der Waals surface area contributed by atoms with E-state index in [1.54, 1.807) is 33.5 Å². The van der Waals surface area contributed by atoms with Crippen LogP contribution in [0.2, 0.25) is 5.02 Å². The number of amides is 2. The molecule has 0 atom stereocenters. The van der Waals surface area contributed by atoms with Crippen LogP contribution in [0.5, 0.6) is 0 Å². The number of piperazine rings is 1. The third-order valence-corrected chi connectivity index (χ3v) is 5.12. The topological polar surface area (TPSA) is 93.4 Å². The Morgan fingerprint density at radius 1 is 1.22 bits per heavy atom. The second kappa shape index (κ2) is 9.05. The van der Waals surface area contributed by atoms with Crippen molar-refractivity contribution < 1.29 is 14.3 Å². The number of carbonyl (C=O) groups is 2. The summed E-state index contributed by atoms with van der Waals surface area (Å²) in [7, 11) is 0. The molecular weight excluding hydrogens is 392 g/mol. The molecule has 0 radical (unpaired) electrons. The van der Waals surface area contributed by atoms with Gasteiger partial charge in [0.15, 0.2) is 0 Å². The monoisotopic (exact) mass is 410 g/mol. The molecule has 2 amide bonds. The molecule has 2 heterocycles. The first-order valence-electron chi connectivity index (χ1n) is 8.45. The first-order chi connectivity index (χ1) is 13.1. The molecular formula is C16H19ClN6O3S. The predicted molar refractivity (Wildman–Crippen MR) is 100 cm³/mol. The lowest BCUT2D eigenvalue weighted by Crippen LogP contribution is -2.51. The summed E-state index contributed by atoms with van der Waals surface area (Å²) >= 11 is 7.27. The van der Waals surface area contributed by atoms with Crippen molar-refractivity contribution in [3.8, 4) is 5.69 Å². The van der Waals surface area contributed by atoms with Crippen molar-refractivity contribution in [2.75, 3.05) is 38.5 Å². The van der Waals surface area contributed by atoms with Crippen LogP contribution in [0, 0.1) is 0 Å². The average Bonchev–Trinajstić information content (AvgIpc) is 3.15. The lowest BCUT2D eigenvalue weighted by Gasteiger charge is -2.33. The standard InChI is InChI=1S/C16H19ClN6O3S/c1-2-26-16(25)22-8-6-21(7-9-22)14(24)11-27-15-18-19-20-23(15)13-5-3-4-12(17)10-13/h3-5,10H,2,6-9,11H2,1H3. The fourth-order valence-electron chi connectivity index (χ4n) is 2.61. The minimum absolute atomic E-state index is 0.0239. The van der Waals surface area contributed by atoms with Crippen LogP contribution in [0.15, 0.2) is 29.4 Å². The van der Waals surface area contributed by atoms with Gasteiger partial charge >= 0.3 is 6.09 Å². The Bertz CT molecular complexity index is 809. The molecule has 1 aliphatic heterocycles. The summed E-state index contributed by atoms with van der Waals surface area (Å²) in [6.07, 6.45) is -0.334. The van der Waals surface area contributed by atoms with E-state index in [-0.39, 0.29) is 17.8 Å². The van der Waals surface area contributed by atoms with E-state index in [0.29, 0.717) is 43.0 Å². The Kier molecular flexibility index (Phi) is 6.51. The van der Waals surface area contributed by atoms with Gasteiger partial charge in [-0.05, 0) is 35.5 Å². The van der Waals surface area contributed by atoms with E-state index in [1.165, 1.54) is 11.8 Å². The van der Waals surface area contributed by atoms with Crippen molar-refractivity contribution in [3.05, 3.63) is 29.3 Å². The molecule has 3 rings (SSSR count). The molecule has 0 aliphatic carbocycles. The molecule has 1 aromatic carbocycles. The Labute approximate surface area is 165 Å². The van der Waals surface area contributed by atoms with Crippen LogP contribution in [0.25, 0.3) is 5.69 Å². The van der Waals surface area contributed by atoms with Crippen LogP contribution in [-0.2, 0) is 9.53 Å². The minimum Gasteiger partial charge on any atom is -0.450 e. The van der Waals surface area contributed by atoms with Gasteiger partial charge in [-0.3, -0.25) is 4.79 Å². The largest absolute Gasteiger partial charge is 0.450 e. The zero-order chi connectivity index (χ0) is 19.2. The zero-order valence-corrected chi connectivity index (χ0v) is 16.3.